The SMILES string of the molecule is CC(C)c1c2c3cccc4cccc(c2c(C(C)C)c2c5ccc6c7ccc8c9c(ccc(c%10ccc(c12)c5c%106)c79)c1cc2cc(C(C)(C)C)cc5c6ccccc6c(c25)c18)c43. The molecule has 0 amide bonds. The average molecular weight is 789 g/mol. The molecule has 292 valence electrons. The van der Waals surface area contributed by atoms with E-state index in [1.807, 2.05) is 0 Å². The van der Waals surface area contributed by atoms with E-state index in [2.05, 4.69) is 176 Å². The fraction of sp³-hybridized carbons (Fsp3) is 0.161. The first kappa shape index (κ1) is 33.9. The minimum absolute atomic E-state index is 0.0506. The maximum absolute atomic E-state index is 2.53. The summed E-state index contributed by atoms with van der Waals surface area (Å²) in [7, 11) is 0. The number of hydrogen-bond donors (Lipinski definition) is 0. The van der Waals surface area contributed by atoms with Gasteiger partial charge >= 0.3 is 0 Å². The molecule has 0 aliphatic heterocycles. The van der Waals surface area contributed by atoms with Crippen molar-refractivity contribution in [2.75, 3.05) is 0 Å². The van der Waals surface area contributed by atoms with Gasteiger partial charge in [-0.2, -0.15) is 0 Å². The van der Waals surface area contributed by atoms with Gasteiger partial charge in [0.25, 0.3) is 0 Å². The Kier molecular flexibility index (Phi) is 5.91. The van der Waals surface area contributed by atoms with Crippen molar-refractivity contribution in [1.82, 2.24) is 0 Å². The van der Waals surface area contributed by atoms with Crippen molar-refractivity contribution in [3.8, 4) is 0 Å². The Morgan fingerprint density at radius 1 is 0.274 bits per heavy atom. The zero-order chi connectivity index (χ0) is 41.4. The molecular formula is C62H44. The van der Waals surface area contributed by atoms with E-state index < -0.39 is 0 Å². The summed E-state index contributed by atoms with van der Waals surface area (Å²) >= 11 is 0. The second kappa shape index (κ2) is 10.8. The largest absolute Gasteiger partial charge is 0.0616 e. The standard InChI is InChI=1S/C62H44/c1-29(2)48-58-41-16-10-12-31-13-11-17-42(50(31)41)59(58)49(30(3)4)61-45-25-22-39-37-20-23-43-54-40(19-18-36(52(37)54)38-21-24-44(60(48)61)55(45)53(38)39)46-27-32-26-33(62(5,6)7)28-47-34-14-8-9-15-35(34)57(51(32)47)56(43)46/h8-30H,1-7H3. The Morgan fingerprint density at radius 2 is 0.645 bits per heavy atom. The van der Waals surface area contributed by atoms with Gasteiger partial charge in [0.05, 0.1) is 0 Å². The Hall–Kier alpha value is -6.76. The summed E-state index contributed by atoms with van der Waals surface area (Å²) in [5, 5.41) is 39.3. The third-order valence-electron chi connectivity index (χ3n) is 15.8. The lowest BCUT2D eigenvalue weighted by Crippen LogP contribution is -2.10. The van der Waals surface area contributed by atoms with Crippen LogP contribution in [0.5, 0.6) is 0 Å². The summed E-state index contributed by atoms with van der Waals surface area (Å²) in [5.41, 5.74) is 4.46. The van der Waals surface area contributed by atoms with Crippen LogP contribution in [0.2, 0.25) is 0 Å². The van der Waals surface area contributed by atoms with Gasteiger partial charge in [0.15, 0.2) is 0 Å². The normalized spacial score (nSPS) is 13.7. The van der Waals surface area contributed by atoms with Gasteiger partial charge in [0, 0.05) is 0 Å². The second-order valence-corrected chi connectivity index (χ2v) is 20.6. The monoisotopic (exact) mass is 788 g/mol. The summed E-state index contributed by atoms with van der Waals surface area (Å²) in [4.78, 5) is 0. The zero-order valence-corrected chi connectivity index (χ0v) is 36.3. The molecule has 0 radical (unpaired) electrons. The van der Waals surface area contributed by atoms with Crippen molar-refractivity contribution in [3.05, 3.63) is 144 Å². The predicted molar refractivity (Wildman–Crippen MR) is 274 cm³/mol. The Bertz CT molecular complexity index is 4310. The Labute approximate surface area is 359 Å². The van der Waals surface area contributed by atoms with Gasteiger partial charge in [-0.3, -0.25) is 0 Å². The topological polar surface area (TPSA) is 0 Å². The van der Waals surface area contributed by atoms with Crippen LogP contribution in [0.1, 0.15) is 77.0 Å². The molecule has 0 heterocycles. The van der Waals surface area contributed by atoms with Gasteiger partial charge in [-0.05, 0) is 197 Å². The molecule has 0 fully saturated rings. The van der Waals surface area contributed by atoms with Gasteiger partial charge in [-0.1, -0.05) is 164 Å². The molecule has 0 atom stereocenters. The van der Waals surface area contributed by atoms with Crippen LogP contribution in [0.25, 0.3) is 151 Å². The molecular weight excluding hydrogens is 745 g/mol. The van der Waals surface area contributed by atoms with E-state index in [1.165, 1.54) is 168 Å². The van der Waals surface area contributed by atoms with Crippen LogP contribution in [0.4, 0.5) is 0 Å². The molecule has 0 bridgehead atoms. The molecule has 0 heteroatoms. The average Bonchev–Trinajstić information content (AvgIpc) is 3.99. The smallest absolute Gasteiger partial charge is 0.000784 e. The molecule has 62 heavy (non-hydrogen) atoms. The molecule has 0 nitrogen and oxygen atoms in total. The van der Waals surface area contributed by atoms with E-state index in [0.717, 1.165) is 0 Å². The van der Waals surface area contributed by atoms with Crippen LogP contribution in [0.3, 0.4) is 0 Å². The first-order valence-corrected chi connectivity index (χ1v) is 22.8. The van der Waals surface area contributed by atoms with Crippen LogP contribution in [0.15, 0.2) is 127 Å². The van der Waals surface area contributed by atoms with Crippen molar-refractivity contribution in [2.24, 2.45) is 0 Å². The first-order valence-electron chi connectivity index (χ1n) is 22.8. The lowest BCUT2D eigenvalue weighted by atomic mass is 9.84. The lowest BCUT2D eigenvalue weighted by Gasteiger charge is -2.20. The van der Waals surface area contributed by atoms with Crippen molar-refractivity contribution in [2.45, 2.75) is 65.7 Å². The van der Waals surface area contributed by atoms with Crippen molar-refractivity contribution >= 4 is 151 Å². The third-order valence-corrected chi connectivity index (χ3v) is 15.8. The summed E-state index contributed by atoms with van der Waals surface area (Å²) in [6.07, 6.45) is 0. The van der Waals surface area contributed by atoms with Gasteiger partial charge < -0.3 is 0 Å². The molecule has 0 aliphatic rings. The summed E-state index contributed by atoms with van der Waals surface area (Å²) in [6, 6.07) is 50.4. The molecule has 0 saturated heterocycles. The highest BCUT2D eigenvalue weighted by Gasteiger charge is 2.30. The van der Waals surface area contributed by atoms with Gasteiger partial charge in [-0.15, -0.1) is 0 Å². The van der Waals surface area contributed by atoms with Crippen molar-refractivity contribution in [3.63, 3.8) is 0 Å². The number of fused-ring (bicyclic) bond motifs is 15. The Morgan fingerprint density at radius 3 is 1.16 bits per heavy atom. The summed E-state index contributed by atoms with van der Waals surface area (Å²) < 4.78 is 0. The van der Waals surface area contributed by atoms with Crippen LogP contribution >= 0.6 is 0 Å². The highest BCUT2D eigenvalue weighted by atomic mass is 14.3. The van der Waals surface area contributed by atoms with Crippen molar-refractivity contribution < 1.29 is 0 Å². The molecule has 0 saturated carbocycles. The van der Waals surface area contributed by atoms with Gasteiger partial charge in [0.2, 0.25) is 0 Å². The number of benzene rings is 11. The van der Waals surface area contributed by atoms with E-state index >= 15 is 0 Å². The molecule has 0 unspecified atom stereocenters. The van der Waals surface area contributed by atoms with E-state index in [0.29, 0.717) is 11.8 Å². The molecule has 0 aliphatic carbocycles. The minimum Gasteiger partial charge on any atom is -0.0616 e. The molecule has 15 rings (SSSR count). The number of hydrogen-bond acceptors (Lipinski definition) is 0. The maximum Gasteiger partial charge on any atom is -0.000784 e. The molecule has 15 aromatic carbocycles. The highest BCUT2D eigenvalue weighted by Crippen LogP contribution is 2.57. The molecule has 15 aromatic rings. The predicted octanol–water partition coefficient (Wildman–Crippen LogP) is 18.6. The quantitative estimate of drug-likeness (QED) is 0.121. The summed E-state index contributed by atoms with van der Waals surface area (Å²) in [5.74, 6) is 0.713. The fourth-order valence-corrected chi connectivity index (χ4v) is 13.4. The van der Waals surface area contributed by atoms with Crippen molar-refractivity contribution in [1.29, 1.82) is 0 Å². The number of rotatable bonds is 2. The maximum atomic E-state index is 2.53. The second-order valence-electron chi connectivity index (χ2n) is 20.6. The Balaban J connectivity index is 1.13. The highest BCUT2D eigenvalue weighted by molar-refractivity contribution is 6.50. The minimum atomic E-state index is 0.0506. The van der Waals surface area contributed by atoms with Gasteiger partial charge in [-0.25, -0.2) is 0 Å². The fourth-order valence-electron chi connectivity index (χ4n) is 13.4. The van der Waals surface area contributed by atoms with Crippen LogP contribution < -0.4 is 0 Å². The van der Waals surface area contributed by atoms with E-state index in [4.69, 9.17) is 0 Å². The van der Waals surface area contributed by atoms with E-state index in [-0.39, 0.29) is 5.41 Å². The third kappa shape index (κ3) is 3.70. The van der Waals surface area contributed by atoms with Crippen LogP contribution in [0, 0.1) is 0 Å². The first-order chi connectivity index (χ1) is 30.1. The van der Waals surface area contributed by atoms with E-state index in [9.17, 15) is 0 Å². The summed E-state index contributed by atoms with van der Waals surface area (Å²) in [6.45, 7) is 16.7. The van der Waals surface area contributed by atoms with Crippen LogP contribution in [-0.4, -0.2) is 0 Å². The molecule has 0 aromatic heterocycles. The zero-order valence-electron chi connectivity index (χ0n) is 36.3. The molecule has 0 spiro atoms. The lowest BCUT2D eigenvalue weighted by molar-refractivity contribution is 0.592. The molecule has 0 N–H and O–H groups in total. The van der Waals surface area contributed by atoms with E-state index in [1.54, 1.807) is 0 Å². The van der Waals surface area contributed by atoms with Crippen LogP contribution in [-0.2, 0) is 5.41 Å². The van der Waals surface area contributed by atoms with Gasteiger partial charge in [0.1, 0.15) is 0 Å².